The third kappa shape index (κ3) is 13.8. The first kappa shape index (κ1) is 37.6. The molecule has 2 atom stereocenters. The molecule has 7 nitrogen and oxygen atoms in total. The van der Waals surface area contributed by atoms with Crippen LogP contribution in [0.2, 0.25) is 0 Å². The third-order valence-corrected chi connectivity index (χ3v) is 6.72. The van der Waals surface area contributed by atoms with Crippen molar-refractivity contribution in [1.29, 1.82) is 0 Å². The normalized spacial score (nSPS) is 20.7. The van der Waals surface area contributed by atoms with Crippen molar-refractivity contribution in [1.82, 2.24) is 15.5 Å². The maximum Gasteiger partial charge on any atom is 0.242 e. The zero-order chi connectivity index (χ0) is 30.8. The summed E-state index contributed by atoms with van der Waals surface area (Å²) in [5.41, 5.74) is 2.13. The van der Waals surface area contributed by atoms with E-state index in [4.69, 9.17) is 0 Å². The Morgan fingerprint density at radius 3 is 1.95 bits per heavy atom. The molecule has 40 heavy (non-hydrogen) atoms. The van der Waals surface area contributed by atoms with Gasteiger partial charge in [-0.1, -0.05) is 84.7 Å². The van der Waals surface area contributed by atoms with Gasteiger partial charge in [-0.3, -0.25) is 24.1 Å². The monoisotopic (exact) mass is 581 g/mol. The number of carbonyl (C=O) groups is 4. The Kier molecular flexibility index (Phi) is 19.3. The predicted molar refractivity (Wildman–Crippen MR) is 172 cm³/mol. The Morgan fingerprint density at radius 1 is 1.02 bits per heavy atom. The molecule has 2 aliphatic rings. The lowest BCUT2D eigenvalue weighted by molar-refractivity contribution is -0.139. The Hall–Kier alpha value is -2.35. The van der Waals surface area contributed by atoms with Crippen LogP contribution in [-0.2, 0) is 25.6 Å². The van der Waals surface area contributed by atoms with Crippen LogP contribution in [-0.4, -0.2) is 53.4 Å². The van der Waals surface area contributed by atoms with Crippen LogP contribution in [0.15, 0.2) is 24.3 Å². The van der Waals surface area contributed by atoms with Crippen molar-refractivity contribution in [2.45, 2.75) is 112 Å². The van der Waals surface area contributed by atoms with Crippen molar-refractivity contribution in [3.05, 3.63) is 35.4 Å². The smallest absolute Gasteiger partial charge is 0.242 e. The molecule has 232 valence electrons. The minimum Gasteiger partial charge on any atom is -0.357 e. The van der Waals surface area contributed by atoms with Gasteiger partial charge < -0.3 is 10.6 Å². The molecule has 0 bridgehead atoms. The summed E-state index contributed by atoms with van der Waals surface area (Å²) in [5.74, 6) is 0.187. The van der Waals surface area contributed by atoms with Gasteiger partial charge in [0, 0.05) is 35.2 Å². The maximum absolute atomic E-state index is 12.9. The molecule has 1 saturated heterocycles. The number of nitrogens with zero attached hydrogens (tertiary/aromatic N) is 1. The number of thiol groups is 1. The largest absolute Gasteiger partial charge is 0.357 e. The Labute approximate surface area is 252 Å². The number of carbonyl (C=O) groups excluding carboxylic acids is 4. The molecule has 1 saturated carbocycles. The molecule has 0 spiro atoms. The zero-order valence-corrected chi connectivity index (χ0v) is 27.3. The van der Waals surface area contributed by atoms with E-state index in [1.54, 1.807) is 7.05 Å². The van der Waals surface area contributed by atoms with Crippen molar-refractivity contribution in [3.8, 4) is 0 Å². The van der Waals surface area contributed by atoms with Crippen LogP contribution >= 0.6 is 12.6 Å². The number of likely N-dealkylation sites (N-methyl/N-ethyl adjacent to an activating group) is 1. The fourth-order valence-electron chi connectivity index (χ4n) is 4.36. The first-order valence-electron chi connectivity index (χ1n) is 15.0. The van der Waals surface area contributed by atoms with E-state index < -0.39 is 11.3 Å². The minimum atomic E-state index is -0.620. The number of aryl methyl sites for hydroxylation is 1. The quantitative estimate of drug-likeness (QED) is 0.263. The molecule has 2 fully saturated rings. The minimum absolute atomic E-state index is 0. The molecular weight excluding hydrogens is 522 g/mol. The van der Waals surface area contributed by atoms with Crippen LogP contribution in [0.4, 0.5) is 0 Å². The van der Waals surface area contributed by atoms with Crippen LogP contribution in [0.1, 0.15) is 101 Å². The Morgan fingerprint density at radius 2 is 1.52 bits per heavy atom. The van der Waals surface area contributed by atoms with E-state index in [1.807, 2.05) is 45.0 Å². The summed E-state index contributed by atoms with van der Waals surface area (Å²) in [4.78, 5) is 50.6. The van der Waals surface area contributed by atoms with Gasteiger partial charge in [0.2, 0.25) is 23.6 Å². The summed E-state index contributed by atoms with van der Waals surface area (Å²) < 4.78 is 0. The van der Waals surface area contributed by atoms with Gasteiger partial charge in [0.05, 0.1) is 5.25 Å². The summed E-state index contributed by atoms with van der Waals surface area (Å²) >= 11 is 4.16. The lowest BCUT2D eigenvalue weighted by Gasteiger charge is -2.31. The van der Waals surface area contributed by atoms with E-state index in [9.17, 15) is 19.2 Å². The molecule has 0 radical (unpaired) electrons. The van der Waals surface area contributed by atoms with Gasteiger partial charge in [0.15, 0.2) is 0 Å². The van der Waals surface area contributed by atoms with E-state index in [2.05, 4.69) is 57.9 Å². The van der Waals surface area contributed by atoms with Crippen LogP contribution in [0.25, 0.3) is 0 Å². The van der Waals surface area contributed by atoms with E-state index in [0.717, 1.165) is 29.9 Å². The molecule has 8 heteroatoms. The van der Waals surface area contributed by atoms with Crippen LogP contribution in [0.5, 0.6) is 0 Å². The highest BCUT2D eigenvalue weighted by Crippen LogP contribution is 2.31. The van der Waals surface area contributed by atoms with Gasteiger partial charge in [-0.05, 0) is 50.0 Å². The van der Waals surface area contributed by atoms with Crippen molar-refractivity contribution in [3.63, 3.8) is 0 Å². The van der Waals surface area contributed by atoms with Crippen molar-refractivity contribution >= 4 is 36.3 Å². The Bertz CT molecular complexity index is 905. The highest BCUT2D eigenvalue weighted by molar-refractivity contribution is 7.81. The topological polar surface area (TPSA) is 95.6 Å². The fourth-order valence-corrected chi connectivity index (χ4v) is 4.65. The van der Waals surface area contributed by atoms with Gasteiger partial charge in [-0.15, -0.1) is 0 Å². The first-order chi connectivity index (χ1) is 18.9. The molecule has 1 aromatic carbocycles. The number of likely N-dealkylation sites (tertiary alicyclic amines) is 1. The van der Waals surface area contributed by atoms with E-state index >= 15 is 0 Å². The predicted octanol–water partition coefficient (Wildman–Crippen LogP) is 6.23. The third-order valence-electron chi connectivity index (χ3n) is 6.32. The number of hydrogen-bond acceptors (Lipinski definition) is 5. The van der Waals surface area contributed by atoms with Crippen LogP contribution in [0.3, 0.4) is 0 Å². The molecule has 2 N–H and O–H groups in total. The highest BCUT2D eigenvalue weighted by Gasteiger charge is 2.38. The molecule has 0 aromatic heterocycles. The van der Waals surface area contributed by atoms with Crippen molar-refractivity contribution in [2.24, 2.45) is 17.8 Å². The highest BCUT2D eigenvalue weighted by atomic mass is 32.1. The van der Waals surface area contributed by atoms with Crippen molar-refractivity contribution in [2.75, 3.05) is 13.6 Å². The van der Waals surface area contributed by atoms with Gasteiger partial charge >= 0.3 is 0 Å². The van der Waals surface area contributed by atoms with E-state index in [0.29, 0.717) is 25.8 Å². The number of benzene rings is 1. The standard InChI is InChI=1S/C23H31N3O4S.C4H10.C3H8.C2H6.2H2/c1-14-3-5-15(6-4-14)11-18(22(29)24-2)25-21(28)17-9-7-16(8-10-17)13-26-20(27)12-19(31)23(26)30;1-4(2)3;1-3-2;1-2;;/h3-6,16-19,31H,7-13H2,1-2H3,(H,24,29)(H,25,28);4H,1-3H3;3H2,1-2H3;1-2H3;2*1H. The molecule has 1 aliphatic heterocycles. The molecule has 4 amide bonds. The number of rotatable bonds is 7. The molecule has 1 aliphatic carbocycles. The molecule has 2 unspecified atom stereocenters. The summed E-state index contributed by atoms with van der Waals surface area (Å²) in [5, 5.41) is 5.04. The van der Waals surface area contributed by atoms with Gasteiger partial charge in [-0.2, -0.15) is 12.6 Å². The second-order valence-corrected chi connectivity index (χ2v) is 11.7. The summed E-state index contributed by atoms with van der Waals surface area (Å²) in [6.07, 6.45) is 4.76. The van der Waals surface area contributed by atoms with Gasteiger partial charge in [0.1, 0.15) is 6.04 Å². The van der Waals surface area contributed by atoms with E-state index in [1.165, 1.54) is 11.3 Å². The van der Waals surface area contributed by atoms with Gasteiger partial charge in [-0.25, -0.2) is 0 Å². The number of hydrogen-bond donors (Lipinski definition) is 3. The zero-order valence-electron chi connectivity index (χ0n) is 26.4. The van der Waals surface area contributed by atoms with Crippen LogP contribution < -0.4 is 10.6 Å². The molecule has 1 aromatic rings. The summed E-state index contributed by atoms with van der Waals surface area (Å²) in [7, 11) is 1.57. The van der Waals surface area contributed by atoms with E-state index in [-0.39, 0.29) is 44.7 Å². The number of amides is 4. The average Bonchev–Trinajstić information content (AvgIpc) is 3.16. The first-order valence-corrected chi connectivity index (χ1v) is 15.5. The molecule has 1 heterocycles. The van der Waals surface area contributed by atoms with Gasteiger partial charge in [0.25, 0.3) is 0 Å². The lowest BCUT2D eigenvalue weighted by Crippen LogP contribution is -2.49. The molecule has 3 rings (SSSR count). The average molecular weight is 582 g/mol. The lowest BCUT2D eigenvalue weighted by atomic mass is 9.81. The number of imide groups is 1. The summed E-state index contributed by atoms with van der Waals surface area (Å²) in [6, 6.07) is 7.30. The van der Waals surface area contributed by atoms with Crippen LogP contribution in [0, 0.1) is 24.7 Å². The van der Waals surface area contributed by atoms with Crippen molar-refractivity contribution < 1.29 is 22.0 Å². The summed E-state index contributed by atoms with van der Waals surface area (Å²) in [6.45, 7) is 17.2. The number of nitrogens with one attached hydrogen (secondary N) is 2. The second kappa shape index (κ2) is 20.5. The SMILES string of the molecule is CC.CC(C)C.CCC.CNC(=O)C(Cc1ccc(C)cc1)NC(=O)C1CCC(CN2C(=O)CC(S)C2=O)CC1.[HH].[HH]. The Balaban J connectivity index is -0.00000123. The maximum atomic E-state index is 12.9. The second-order valence-electron chi connectivity index (χ2n) is 11.1. The fraction of sp³-hybridized carbons (Fsp3) is 0.688. The molecular formula is C32H59N3O4S.